The molecule has 2 amide bonds. The Morgan fingerprint density at radius 1 is 1.60 bits per heavy atom. The molecule has 0 aliphatic rings. The molecule has 0 saturated heterocycles. The predicted molar refractivity (Wildman–Crippen MR) is 60.2 cm³/mol. The number of aliphatic hydroxyl groups excluding tert-OH is 1. The highest BCUT2D eigenvalue weighted by atomic mass is 35.5. The number of halogens is 1. The topological polar surface area (TPSA) is 61.4 Å². The fourth-order valence-corrected chi connectivity index (χ4v) is 1.17. The van der Waals surface area contributed by atoms with Crippen LogP contribution in [-0.2, 0) is 0 Å². The van der Waals surface area contributed by atoms with Crippen LogP contribution in [-0.4, -0.2) is 23.8 Å². The Bertz CT molecular complexity index is 342. The van der Waals surface area contributed by atoms with Gasteiger partial charge in [0.25, 0.3) is 0 Å². The minimum absolute atomic E-state index is 0.215. The number of hydrogen-bond acceptors (Lipinski definition) is 2. The monoisotopic (exact) mass is 228 g/mol. The van der Waals surface area contributed by atoms with Gasteiger partial charge in [0.15, 0.2) is 0 Å². The molecule has 0 fully saturated rings. The molecule has 1 rings (SSSR count). The van der Waals surface area contributed by atoms with Gasteiger partial charge in [0, 0.05) is 17.3 Å². The summed E-state index contributed by atoms with van der Waals surface area (Å²) in [6.07, 6.45) is -0.560. The lowest BCUT2D eigenvalue weighted by atomic mass is 10.3. The van der Waals surface area contributed by atoms with Crippen LogP contribution in [0.3, 0.4) is 0 Å². The lowest BCUT2D eigenvalue weighted by molar-refractivity contribution is 0.190. The van der Waals surface area contributed by atoms with Gasteiger partial charge >= 0.3 is 6.03 Å². The minimum Gasteiger partial charge on any atom is -0.392 e. The number of amides is 2. The van der Waals surface area contributed by atoms with Gasteiger partial charge in [-0.1, -0.05) is 17.7 Å². The van der Waals surface area contributed by atoms with Crippen molar-refractivity contribution in [2.24, 2.45) is 0 Å². The highest BCUT2D eigenvalue weighted by Gasteiger charge is 2.02. The summed E-state index contributed by atoms with van der Waals surface area (Å²) in [6, 6.07) is 6.47. The van der Waals surface area contributed by atoms with Gasteiger partial charge in [-0.2, -0.15) is 0 Å². The van der Waals surface area contributed by atoms with Gasteiger partial charge < -0.3 is 15.7 Å². The SMILES string of the molecule is CC(O)CNC(=O)Nc1cccc(Cl)c1. The average Bonchev–Trinajstić information content (AvgIpc) is 2.15. The maximum Gasteiger partial charge on any atom is 0.319 e. The summed E-state index contributed by atoms with van der Waals surface area (Å²) in [5.41, 5.74) is 0.616. The smallest absolute Gasteiger partial charge is 0.319 e. The lowest BCUT2D eigenvalue weighted by Gasteiger charge is -2.08. The maximum atomic E-state index is 11.3. The van der Waals surface area contributed by atoms with Crippen LogP contribution in [0.5, 0.6) is 0 Å². The Kier molecular flexibility index (Phi) is 4.39. The largest absolute Gasteiger partial charge is 0.392 e. The molecule has 1 atom stereocenters. The minimum atomic E-state index is -0.560. The first kappa shape index (κ1) is 11.8. The molecule has 1 aromatic rings. The van der Waals surface area contributed by atoms with E-state index in [2.05, 4.69) is 10.6 Å². The van der Waals surface area contributed by atoms with Gasteiger partial charge in [-0.05, 0) is 25.1 Å². The standard InChI is InChI=1S/C10H13ClN2O2/c1-7(14)6-12-10(15)13-9-4-2-3-8(11)5-9/h2-5,7,14H,6H2,1H3,(H2,12,13,15). The molecular formula is C10H13ClN2O2. The second kappa shape index (κ2) is 5.58. The van der Waals surface area contributed by atoms with E-state index >= 15 is 0 Å². The molecule has 1 aromatic carbocycles. The Labute approximate surface area is 93.2 Å². The van der Waals surface area contributed by atoms with Crippen molar-refractivity contribution in [1.82, 2.24) is 5.32 Å². The molecule has 0 aliphatic heterocycles. The van der Waals surface area contributed by atoms with Gasteiger partial charge in [0.05, 0.1) is 6.10 Å². The molecule has 0 aromatic heterocycles. The number of rotatable bonds is 3. The van der Waals surface area contributed by atoms with Crippen LogP contribution in [0.4, 0.5) is 10.5 Å². The number of carbonyl (C=O) groups is 1. The van der Waals surface area contributed by atoms with E-state index in [0.29, 0.717) is 10.7 Å². The Hall–Kier alpha value is -1.26. The van der Waals surface area contributed by atoms with Crippen LogP contribution in [0.25, 0.3) is 0 Å². The normalized spacial score (nSPS) is 11.9. The first-order valence-corrected chi connectivity index (χ1v) is 4.94. The molecule has 0 spiro atoms. The van der Waals surface area contributed by atoms with Gasteiger partial charge in [-0.3, -0.25) is 0 Å². The zero-order chi connectivity index (χ0) is 11.3. The Morgan fingerprint density at radius 2 is 2.33 bits per heavy atom. The third-order valence-electron chi connectivity index (χ3n) is 1.64. The van der Waals surface area contributed by atoms with Gasteiger partial charge in [-0.15, -0.1) is 0 Å². The van der Waals surface area contributed by atoms with Crippen LogP contribution < -0.4 is 10.6 Å². The molecule has 1 unspecified atom stereocenters. The number of urea groups is 1. The van der Waals surface area contributed by atoms with Crippen LogP contribution in [0.15, 0.2) is 24.3 Å². The van der Waals surface area contributed by atoms with Crippen LogP contribution in [0, 0.1) is 0 Å². The summed E-state index contributed by atoms with van der Waals surface area (Å²) < 4.78 is 0. The first-order valence-electron chi connectivity index (χ1n) is 4.56. The summed E-state index contributed by atoms with van der Waals surface area (Å²) >= 11 is 5.74. The fraction of sp³-hybridized carbons (Fsp3) is 0.300. The number of anilines is 1. The zero-order valence-corrected chi connectivity index (χ0v) is 9.08. The molecular weight excluding hydrogens is 216 g/mol. The molecule has 0 aliphatic carbocycles. The summed E-state index contributed by atoms with van der Waals surface area (Å²) in [5, 5.41) is 14.6. The summed E-state index contributed by atoms with van der Waals surface area (Å²) in [4.78, 5) is 11.3. The number of aliphatic hydroxyl groups is 1. The molecule has 0 radical (unpaired) electrons. The van der Waals surface area contributed by atoms with Crippen molar-refractivity contribution < 1.29 is 9.90 Å². The van der Waals surface area contributed by atoms with E-state index in [0.717, 1.165) is 0 Å². The van der Waals surface area contributed by atoms with E-state index in [4.69, 9.17) is 16.7 Å². The Morgan fingerprint density at radius 3 is 2.93 bits per heavy atom. The Balaban J connectivity index is 2.44. The summed E-state index contributed by atoms with van der Waals surface area (Å²) in [5.74, 6) is 0. The van der Waals surface area contributed by atoms with Crippen LogP contribution >= 0.6 is 11.6 Å². The molecule has 15 heavy (non-hydrogen) atoms. The number of benzene rings is 1. The molecule has 5 heteroatoms. The van der Waals surface area contributed by atoms with E-state index in [-0.39, 0.29) is 12.6 Å². The quantitative estimate of drug-likeness (QED) is 0.739. The molecule has 0 saturated carbocycles. The predicted octanol–water partition coefficient (Wildman–Crippen LogP) is 1.84. The second-order valence-corrected chi connectivity index (χ2v) is 3.63. The van der Waals surface area contributed by atoms with E-state index in [1.165, 1.54) is 0 Å². The first-order chi connectivity index (χ1) is 7.08. The third-order valence-corrected chi connectivity index (χ3v) is 1.88. The van der Waals surface area contributed by atoms with Crippen LogP contribution in [0.2, 0.25) is 5.02 Å². The molecule has 4 nitrogen and oxygen atoms in total. The fourth-order valence-electron chi connectivity index (χ4n) is 0.982. The second-order valence-electron chi connectivity index (χ2n) is 3.19. The highest BCUT2D eigenvalue weighted by Crippen LogP contribution is 2.14. The van der Waals surface area contributed by atoms with E-state index in [1.807, 2.05) is 0 Å². The number of nitrogens with one attached hydrogen (secondary N) is 2. The average molecular weight is 229 g/mol. The molecule has 3 N–H and O–H groups in total. The van der Waals surface area contributed by atoms with Crippen molar-refractivity contribution in [3.63, 3.8) is 0 Å². The van der Waals surface area contributed by atoms with Crippen molar-refractivity contribution in [3.8, 4) is 0 Å². The number of carbonyl (C=O) groups excluding carboxylic acids is 1. The van der Waals surface area contributed by atoms with E-state index in [9.17, 15) is 4.79 Å². The van der Waals surface area contributed by atoms with Gasteiger partial charge in [-0.25, -0.2) is 4.79 Å². The van der Waals surface area contributed by atoms with Crippen molar-refractivity contribution in [2.75, 3.05) is 11.9 Å². The zero-order valence-electron chi connectivity index (χ0n) is 8.33. The molecule has 0 heterocycles. The van der Waals surface area contributed by atoms with E-state index in [1.54, 1.807) is 31.2 Å². The van der Waals surface area contributed by atoms with Crippen molar-refractivity contribution in [2.45, 2.75) is 13.0 Å². The molecule has 82 valence electrons. The van der Waals surface area contributed by atoms with Crippen molar-refractivity contribution in [1.29, 1.82) is 0 Å². The third kappa shape index (κ3) is 4.67. The number of hydrogen-bond donors (Lipinski definition) is 3. The van der Waals surface area contributed by atoms with Crippen LogP contribution in [0.1, 0.15) is 6.92 Å². The molecule has 0 bridgehead atoms. The van der Waals surface area contributed by atoms with Crippen molar-refractivity contribution in [3.05, 3.63) is 29.3 Å². The van der Waals surface area contributed by atoms with Gasteiger partial charge in [0.2, 0.25) is 0 Å². The van der Waals surface area contributed by atoms with Gasteiger partial charge in [0.1, 0.15) is 0 Å². The summed E-state index contributed by atoms with van der Waals surface area (Å²) in [6.45, 7) is 1.81. The summed E-state index contributed by atoms with van der Waals surface area (Å²) in [7, 11) is 0. The highest BCUT2D eigenvalue weighted by molar-refractivity contribution is 6.30. The van der Waals surface area contributed by atoms with E-state index < -0.39 is 6.10 Å². The maximum absolute atomic E-state index is 11.3. The lowest BCUT2D eigenvalue weighted by Crippen LogP contribution is -2.34. The van der Waals surface area contributed by atoms with Crippen molar-refractivity contribution >= 4 is 23.3 Å².